The highest BCUT2D eigenvalue weighted by Gasteiger charge is 2.41. The minimum atomic E-state index is -0.208. The second-order valence-electron chi connectivity index (χ2n) is 4.83. The van der Waals surface area contributed by atoms with Gasteiger partial charge in [0.2, 0.25) is 11.8 Å². The molecule has 1 aliphatic heterocycles. The Kier molecular flexibility index (Phi) is 3.41. The summed E-state index contributed by atoms with van der Waals surface area (Å²) in [6.07, 6.45) is 1.74. The normalized spacial score (nSPS) is 18.4. The van der Waals surface area contributed by atoms with Gasteiger partial charge in [-0.05, 0) is 30.5 Å². The molecule has 0 radical (unpaired) electrons. The van der Waals surface area contributed by atoms with Crippen molar-refractivity contribution in [2.75, 3.05) is 13.2 Å². The molecule has 4 nitrogen and oxygen atoms in total. The Morgan fingerprint density at radius 3 is 2.37 bits per heavy atom. The van der Waals surface area contributed by atoms with Crippen LogP contribution in [0.1, 0.15) is 30.2 Å². The van der Waals surface area contributed by atoms with E-state index in [-0.39, 0.29) is 5.41 Å². The summed E-state index contributed by atoms with van der Waals surface area (Å²) in [5.41, 5.74) is 1.00. The third-order valence-corrected chi connectivity index (χ3v) is 4.21. The van der Waals surface area contributed by atoms with Crippen molar-refractivity contribution in [1.29, 1.82) is 0 Å². The van der Waals surface area contributed by atoms with Gasteiger partial charge in [-0.25, -0.2) is 0 Å². The highest BCUT2D eigenvalue weighted by Crippen LogP contribution is 2.40. The van der Waals surface area contributed by atoms with E-state index in [1.165, 1.54) is 5.56 Å². The van der Waals surface area contributed by atoms with Crippen LogP contribution in [0.2, 0.25) is 0 Å². The molecule has 0 spiro atoms. The lowest BCUT2D eigenvalue weighted by atomic mass is 9.74. The van der Waals surface area contributed by atoms with Gasteiger partial charge in [0.1, 0.15) is 0 Å². The first kappa shape index (κ1) is 12.8. The molecule has 5 heteroatoms. The molecule has 0 bridgehead atoms. The van der Waals surface area contributed by atoms with E-state index in [0.29, 0.717) is 11.8 Å². The number of hydrogen-bond donors (Lipinski definition) is 0. The zero-order chi connectivity index (χ0) is 13.3. The minimum Gasteiger partial charge on any atom is -0.425 e. The fourth-order valence-electron chi connectivity index (χ4n) is 2.60. The van der Waals surface area contributed by atoms with Gasteiger partial charge in [-0.2, -0.15) is 0 Å². The lowest BCUT2D eigenvalue weighted by Gasteiger charge is -2.34. The Bertz CT molecular complexity index is 559. The van der Waals surface area contributed by atoms with Gasteiger partial charge in [-0.15, -0.1) is 10.2 Å². The molecule has 0 aliphatic carbocycles. The van der Waals surface area contributed by atoms with E-state index < -0.39 is 0 Å². The average Bonchev–Trinajstić information content (AvgIpc) is 2.87. The van der Waals surface area contributed by atoms with Crippen molar-refractivity contribution < 1.29 is 9.15 Å². The van der Waals surface area contributed by atoms with Crippen LogP contribution in [-0.2, 0) is 10.2 Å². The maximum atomic E-state index is 5.72. The molecule has 0 N–H and O–H groups in total. The van der Waals surface area contributed by atoms with E-state index in [4.69, 9.17) is 9.15 Å². The molecular formula is C14H15BrN2O2. The topological polar surface area (TPSA) is 48.2 Å². The third-order valence-electron chi connectivity index (χ3n) is 3.68. The molecule has 1 aromatic heterocycles. The zero-order valence-electron chi connectivity index (χ0n) is 10.7. The first-order valence-electron chi connectivity index (χ1n) is 6.35. The van der Waals surface area contributed by atoms with Crippen LogP contribution in [0, 0.1) is 6.92 Å². The van der Waals surface area contributed by atoms with Crippen LogP contribution < -0.4 is 0 Å². The van der Waals surface area contributed by atoms with Crippen LogP contribution in [0.3, 0.4) is 0 Å². The van der Waals surface area contributed by atoms with Gasteiger partial charge in [0.05, 0.1) is 5.41 Å². The predicted octanol–water partition coefficient (Wildman–Crippen LogP) is 3.24. The van der Waals surface area contributed by atoms with E-state index in [0.717, 1.165) is 30.5 Å². The Labute approximate surface area is 120 Å². The van der Waals surface area contributed by atoms with Crippen LogP contribution in [0.25, 0.3) is 0 Å². The molecule has 100 valence electrons. The molecule has 19 heavy (non-hydrogen) atoms. The summed E-state index contributed by atoms with van der Waals surface area (Å²) < 4.78 is 12.3. The van der Waals surface area contributed by atoms with E-state index in [2.05, 4.69) is 50.4 Å². The summed E-state index contributed by atoms with van der Waals surface area (Å²) in [6.45, 7) is 3.26. The number of halogens is 1. The van der Waals surface area contributed by atoms with Crippen LogP contribution in [0.5, 0.6) is 0 Å². The summed E-state index contributed by atoms with van der Waals surface area (Å²) in [4.78, 5) is 0. The summed E-state index contributed by atoms with van der Waals surface area (Å²) in [5, 5.41) is 8.24. The Morgan fingerprint density at radius 2 is 1.79 bits per heavy atom. The summed E-state index contributed by atoms with van der Waals surface area (Å²) >= 11 is 3.47. The molecule has 0 unspecified atom stereocenters. The maximum Gasteiger partial charge on any atom is 0.227 e. The predicted molar refractivity (Wildman–Crippen MR) is 74.0 cm³/mol. The monoisotopic (exact) mass is 322 g/mol. The number of aromatic nitrogens is 2. The van der Waals surface area contributed by atoms with Crippen molar-refractivity contribution in [3.8, 4) is 0 Å². The first-order chi connectivity index (χ1) is 9.21. The summed E-state index contributed by atoms with van der Waals surface area (Å²) in [7, 11) is 0. The molecule has 0 saturated carbocycles. The van der Waals surface area contributed by atoms with Crippen molar-refractivity contribution in [3.63, 3.8) is 0 Å². The molecular weight excluding hydrogens is 308 g/mol. The highest BCUT2D eigenvalue weighted by molar-refractivity contribution is 9.10. The Balaban J connectivity index is 2.08. The minimum absolute atomic E-state index is 0.208. The number of ether oxygens (including phenoxy) is 1. The van der Waals surface area contributed by atoms with Crippen molar-refractivity contribution >= 4 is 15.9 Å². The zero-order valence-corrected chi connectivity index (χ0v) is 12.3. The largest absolute Gasteiger partial charge is 0.425 e. The smallest absolute Gasteiger partial charge is 0.227 e. The van der Waals surface area contributed by atoms with Gasteiger partial charge in [-0.1, -0.05) is 28.1 Å². The molecule has 1 saturated heterocycles. The van der Waals surface area contributed by atoms with Gasteiger partial charge < -0.3 is 9.15 Å². The van der Waals surface area contributed by atoms with E-state index in [9.17, 15) is 0 Å². The number of rotatable bonds is 2. The summed E-state index contributed by atoms with van der Waals surface area (Å²) in [5.74, 6) is 1.31. The van der Waals surface area contributed by atoms with Crippen molar-refractivity contribution in [2.45, 2.75) is 25.2 Å². The molecule has 1 fully saturated rings. The molecule has 0 amide bonds. The second-order valence-corrected chi connectivity index (χ2v) is 5.74. The lowest BCUT2D eigenvalue weighted by Crippen LogP contribution is -2.35. The molecule has 0 atom stereocenters. The van der Waals surface area contributed by atoms with Gasteiger partial charge in [-0.3, -0.25) is 0 Å². The van der Waals surface area contributed by atoms with Crippen LogP contribution in [0.4, 0.5) is 0 Å². The SMILES string of the molecule is Cc1nnc(C2(c3ccc(Br)cc3)CCOCC2)o1. The van der Waals surface area contributed by atoms with Crippen molar-refractivity contribution in [1.82, 2.24) is 10.2 Å². The average molecular weight is 323 g/mol. The second kappa shape index (κ2) is 5.06. The first-order valence-corrected chi connectivity index (χ1v) is 7.14. The maximum absolute atomic E-state index is 5.72. The highest BCUT2D eigenvalue weighted by atomic mass is 79.9. The standard InChI is InChI=1S/C14H15BrN2O2/c1-10-16-17-13(19-10)14(6-8-18-9-7-14)11-2-4-12(15)5-3-11/h2-5H,6-9H2,1H3. The van der Waals surface area contributed by atoms with Crippen LogP contribution in [-0.4, -0.2) is 23.4 Å². The van der Waals surface area contributed by atoms with Crippen LogP contribution in [0.15, 0.2) is 33.2 Å². The number of hydrogen-bond acceptors (Lipinski definition) is 4. The van der Waals surface area contributed by atoms with Gasteiger partial charge >= 0.3 is 0 Å². The quantitative estimate of drug-likeness (QED) is 0.851. The van der Waals surface area contributed by atoms with Gasteiger partial charge in [0, 0.05) is 24.6 Å². The third kappa shape index (κ3) is 2.32. The molecule has 3 rings (SSSR count). The summed E-state index contributed by atoms with van der Waals surface area (Å²) in [6, 6.07) is 8.34. The van der Waals surface area contributed by atoms with Gasteiger partial charge in [0.15, 0.2) is 0 Å². The lowest BCUT2D eigenvalue weighted by molar-refractivity contribution is 0.0541. The van der Waals surface area contributed by atoms with E-state index in [1.807, 2.05) is 6.92 Å². The Morgan fingerprint density at radius 1 is 1.11 bits per heavy atom. The fourth-order valence-corrected chi connectivity index (χ4v) is 2.87. The molecule has 1 aliphatic rings. The molecule has 2 aromatic rings. The van der Waals surface area contributed by atoms with Crippen molar-refractivity contribution in [3.05, 3.63) is 46.1 Å². The molecule has 2 heterocycles. The number of nitrogens with zero attached hydrogens (tertiary/aromatic N) is 2. The number of aryl methyl sites for hydroxylation is 1. The van der Waals surface area contributed by atoms with Gasteiger partial charge in [0.25, 0.3) is 0 Å². The molecule has 1 aromatic carbocycles. The number of benzene rings is 1. The fraction of sp³-hybridized carbons (Fsp3) is 0.429. The Hall–Kier alpha value is -1.20. The van der Waals surface area contributed by atoms with Crippen LogP contribution >= 0.6 is 15.9 Å². The van der Waals surface area contributed by atoms with Crippen molar-refractivity contribution in [2.24, 2.45) is 0 Å². The van der Waals surface area contributed by atoms with E-state index in [1.54, 1.807) is 0 Å². The van der Waals surface area contributed by atoms with E-state index >= 15 is 0 Å².